The number of benzene rings is 1. The van der Waals surface area contributed by atoms with Crippen LogP contribution in [-0.2, 0) is 16.0 Å². The molecule has 1 atom stereocenters. The molecule has 1 aromatic carbocycles. The van der Waals surface area contributed by atoms with Crippen molar-refractivity contribution in [3.05, 3.63) is 23.8 Å². The van der Waals surface area contributed by atoms with Crippen LogP contribution in [0.2, 0.25) is 0 Å². The lowest BCUT2D eigenvalue weighted by Gasteiger charge is -2.45. The Labute approximate surface area is 135 Å². The molecule has 0 unspecified atom stereocenters. The molecule has 1 aromatic heterocycles. The Morgan fingerprint density at radius 3 is 2.87 bits per heavy atom. The fourth-order valence-electron chi connectivity index (χ4n) is 3.81. The summed E-state index contributed by atoms with van der Waals surface area (Å²) in [7, 11) is 2.20. The molecule has 0 radical (unpaired) electrons. The minimum absolute atomic E-state index is 0.0371. The molecule has 6 heteroatoms. The highest BCUT2D eigenvalue weighted by Gasteiger charge is 2.40. The van der Waals surface area contributed by atoms with E-state index in [1.54, 1.807) is 0 Å². The molecule has 0 N–H and O–H groups in total. The van der Waals surface area contributed by atoms with Crippen LogP contribution in [0.4, 0.5) is 0 Å². The van der Waals surface area contributed by atoms with Gasteiger partial charge in [-0.25, -0.2) is 4.63 Å². The molecule has 124 valence electrons. The van der Waals surface area contributed by atoms with E-state index >= 15 is 0 Å². The van der Waals surface area contributed by atoms with Gasteiger partial charge in [-0.1, -0.05) is 6.07 Å². The fourth-order valence-corrected chi connectivity index (χ4v) is 3.81. The van der Waals surface area contributed by atoms with E-state index in [2.05, 4.69) is 34.4 Å². The third-order valence-electron chi connectivity index (χ3n) is 5.24. The van der Waals surface area contributed by atoms with E-state index in [0.717, 1.165) is 63.1 Å². The molecule has 2 aliphatic rings. The minimum Gasteiger partial charge on any atom is -0.381 e. The van der Waals surface area contributed by atoms with Gasteiger partial charge in [0.15, 0.2) is 0 Å². The zero-order valence-electron chi connectivity index (χ0n) is 13.5. The van der Waals surface area contributed by atoms with E-state index in [0.29, 0.717) is 6.04 Å². The van der Waals surface area contributed by atoms with Crippen LogP contribution in [0.5, 0.6) is 0 Å². The summed E-state index contributed by atoms with van der Waals surface area (Å²) in [6, 6.07) is 6.69. The van der Waals surface area contributed by atoms with Crippen molar-refractivity contribution in [3.63, 3.8) is 0 Å². The molecule has 6 nitrogen and oxygen atoms in total. The average Bonchev–Trinajstić information content (AvgIpc) is 3.03. The molecule has 0 saturated carbocycles. The van der Waals surface area contributed by atoms with Crippen molar-refractivity contribution >= 4 is 11.0 Å². The largest absolute Gasteiger partial charge is 0.381 e. The van der Waals surface area contributed by atoms with Crippen molar-refractivity contribution < 1.29 is 14.1 Å². The Balaban J connectivity index is 1.44. The van der Waals surface area contributed by atoms with Crippen molar-refractivity contribution in [1.82, 2.24) is 15.2 Å². The first-order chi connectivity index (χ1) is 11.2. The zero-order chi connectivity index (χ0) is 15.7. The first-order valence-electron chi connectivity index (χ1n) is 8.37. The molecule has 2 saturated heterocycles. The molecule has 2 aliphatic heterocycles. The fraction of sp³-hybridized carbons (Fsp3) is 0.647. The predicted molar refractivity (Wildman–Crippen MR) is 85.0 cm³/mol. The molecule has 2 aromatic rings. The normalized spacial score (nSPS) is 24.5. The van der Waals surface area contributed by atoms with E-state index in [4.69, 9.17) is 14.1 Å². The maximum absolute atomic E-state index is 6.15. The highest BCUT2D eigenvalue weighted by molar-refractivity contribution is 5.73. The second-order valence-electron chi connectivity index (χ2n) is 6.79. The summed E-state index contributed by atoms with van der Waals surface area (Å²) in [6.07, 6.45) is 4.23. The molecular weight excluding hydrogens is 294 g/mol. The Morgan fingerprint density at radius 2 is 2.00 bits per heavy atom. The Bertz CT molecular complexity index is 660. The van der Waals surface area contributed by atoms with Gasteiger partial charge in [-0.15, -0.1) is 0 Å². The molecule has 2 fully saturated rings. The van der Waals surface area contributed by atoms with Crippen LogP contribution in [-0.4, -0.2) is 53.7 Å². The molecule has 0 bridgehead atoms. The number of aromatic nitrogens is 2. The topological polar surface area (TPSA) is 60.6 Å². The minimum atomic E-state index is 0.0371. The smallest absolute Gasteiger partial charge is 0.135 e. The number of nitrogens with zero attached hydrogens (tertiary/aromatic N) is 3. The quantitative estimate of drug-likeness (QED) is 0.866. The van der Waals surface area contributed by atoms with Gasteiger partial charge >= 0.3 is 0 Å². The monoisotopic (exact) mass is 317 g/mol. The van der Waals surface area contributed by atoms with Gasteiger partial charge in [0.25, 0.3) is 0 Å². The number of hydrogen-bond donors (Lipinski definition) is 0. The molecule has 1 spiro atoms. The van der Waals surface area contributed by atoms with Crippen molar-refractivity contribution in [2.75, 3.05) is 26.9 Å². The molecular formula is C17H23N3O3. The van der Waals surface area contributed by atoms with E-state index in [9.17, 15) is 0 Å². The molecule has 3 heterocycles. The molecule has 0 aliphatic carbocycles. The lowest BCUT2D eigenvalue weighted by Crippen LogP contribution is -2.50. The van der Waals surface area contributed by atoms with Crippen LogP contribution in [0.15, 0.2) is 22.8 Å². The van der Waals surface area contributed by atoms with Crippen LogP contribution < -0.4 is 0 Å². The second-order valence-corrected chi connectivity index (χ2v) is 6.79. The summed E-state index contributed by atoms with van der Waals surface area (Å²) in [5.41, 5.74) is 2.91. The Morgan fingerprint density at radius 1 is 1.17 bits per heavy atom. The average molecular weight is 317 g/mol. The zero-order valence-corrected chi connectivity index (χ0v) is 13.5. The highest BCUT2D eigenvalue weighted by Crippen LogP contribution is 2.36. The van der Waals surface area contributed by atoms with Crippen LogP contribution in [0.1, 0.15) is 31.2 Å². The molecule has 0 amide bonds. The summed E-state index contributed by atoms with van der Waals surface area (Å²) < 4.78 is 16.4. The van der Waals surface area contributed by atoms with Crippen molar-refractivity contribution in [2.45, 2.75) is 43.9 Å². The van der Waals surface area contributed by atoms with Crippen molar-refractivity contribution in [2.24, 2.45) is 0 Å². The van der Waals surface area contributed by atoms with Crippen LogP contribution in [0, 0.1) is 0 Å². The second kappa shape index (κ2) is 6.19. The van der Waals surface area contributed by atoms with Gasteiger partial charge in [0.2, 0.25) is 0 Å². The summed E-state index contributed by atoms with van der Waals surface area (Å²) in [5.74, 6) is 0. The first-order valence-corrected chi connectivity index (χ1v) is 8.37. The lowest BCUT2D eigenvalue weighted by atomic mass is 9.83. The van der Waals surface area contributed by atoms with Gasteiger partial charge < -0.3 is 9.47 Å². The maximum Gasteiger partial charge on any atom is 0.135 e. The summed E-state index contributed by atoms with van der Waals surface area (Å²) in [5, 5.41) is 7.79. The van der Waals surface area contributed by atoms with Crippen LogP contribution >= 0.6 is 0 Å². The number of rotatable bonds is 3. The highest BCUT2D eigenvalue weighted by atomic mass is 16.6. The van der Waals surface area contributed by atoms with Gasteiger partial charge in [0.05, 0.1) is 5.60 Å². The Hall–Kier alpha value is -1.50. The third-order valence-corrected chi connectivity index (χ3v) is 5.24. The van der Waals surface area contributed by atoms with Gasteiger partial charge in [-0.05, 0) is 60.7 Å². The summed E-state index contributed by atoms with van der Waals surface area (Å²) in [4.78, 5) is 2.44. The van der Waals surface area contributed by atoms with Gasteiger partial charge in [0.1, 0.15) is 11.0 Å². The van der Waals surface area contributed by atoms with E-state index < -0.39 is 0 Å². The standard InChI is InChI=1S/C17H23N3O3/c1-20(12-13-2-3-15-16(10-13)19-23-18-15)14-4-7-22-17(11-14)5-8-21-9-6-17/h2-3,10,14H,4-9,11-12H2,1H3/t14-/m0/s1. The molecule has 4 rings (SSSR count). The van der Waals surface area contributed by atoms with E-state index in [1.807, 2.05) is 6.07 Å². The van der Waals surface area contributed by atoms with Gasteiger partial charge in [0, 0.05) is 32.4 Å². The lowest BCUT2D eigenvalue weighted by molar-refractivity contribution is -0.150. The van der Waals surface area contributed by atoms with Crippen molar-refractivity contribution in [1.29, 1.82) is 0 Å². The Kier molecular flexibility index (Phi) is 4.05. The number of fused-ring (bicyclic) bond motifs is 1. The first kappa shape index (κ1) is 15.1. The van der Waals surface area contributed by atoms with Crippen LogP contribution in [0.25, 0.3) is 11.0 Å². The van der Waals surface area contributed by atoms with Gasteiger partial charge in [-0.2, -0.15) is 0 Å². The number of ether oxygens (including phenoxy) is 2. The van der Waals surface area contributed by atoms with E-state index in [1.165, 1.54) is 5.56 Å². The van der Waals surface area contributed by atoms with E-state index in [-0.39, 0.29) is 5.60 Å². The maximum atomic E-state index is 6.15. The predicted octanol–water partition coefficient (Wildman–Crippen LogP) is 2.38. The third kappa shape index (κ3) is 3.11. The van der Waals surface area contributed by atoms with Gasteiger partial charge in [-0.3, -0.25) is 4.90 Å². The van der Waals surface area contributed by atoms with Crippen LogP contribution in [0.3, 0.4) is 0 Å². The number of hydrogen-bond acceptors (Lipinski definition) is 6. The summed E-state index contributed by atoms with van der Waals surface area (Å²) in [6.45, 7) is 3.40. The van der Waals surface area contributed by atoms with Crippen molar-refractivity contribution in [3.8, 4) is 0 Å². The summed E-state index contributed by atoms with van der Waals surface area (Å²) >= 11 is 0. The SMILES string of the molecule is CN(Cc1ccc2nonc2c1)[C@H]1CCOC2(CCOCC2)C1. The molecule has 23 heavy (non-hydrogen) atoms.